The summed E-state index contributed by atoms with van der Waals surface area (Å²) in [6, 6.07) is 12.1. The van der Waals surface area contributed by atoms with E-state index in [9.17, 15) is 19.7 Å². The highest BCUT2D eigenvalue weighted by atomic mass is 16.6. The molecule has 1 atom stereocenters. The highest BCUT2D eigenvalue weighted by Gasteiger charge is 2.17. The highest BCUT2D eigenvalue weighted by Crippen LogP contribution is 2.13. The summed E-state index contributed by atoms with van der Waals surface area (Å²) in [5.74, 6) is -0.222. The Morgan fingerprint density at radius 3 is 2.56 bits per heavy atom. The van der Waals surface area contributed by atoms with Crippen LogP contribution >= 0.6 is 0 Å². The third-order valence-electron chi connectivity index (χ3n) is 3.75. The van der Waals surface area contributed by atoms with Crippen molar-refractivity contribution in [2.75, 3.05) is 13.2 Å². The summed E-state index contributed by atoms with van der Waals surface area (Å²) in [4.78, 5) is 34.4. The molecule has 2 N–H and O–H groups in total. The second-order valence-corrected chi connectivity index (χ2v) is 5.96. The van der Waals surface area contributed by atoms with Crippen LogP contribution in [0.5, 0.6) is 5.75 Å². The number of benzene rings is 2. The average molecular weight is 371 g/mol. The molecule has 0 saturated carbocycles. The summed E-state index contributed by atoms with van der Waals surface area (Å²) in [6.45, 7) is 4.09. The maximum atomic E-state index is 12.1. The largest absolute Gasteiger partial charge is 0.492 e. The van der Waals surface area contributed by atoms with Crippen molar-refractivity contribution in [1.29, 1.82) is 0 Å². The van der Waals surface area contributed by atoms with Gasteiger partial charge in [-0.3, -0.25) is 19.7 Å². The van der Waals surface area contributed by atoms with Crippen molar-refractivity contribution in [3.05, 3.63) is 69.8 Å². The van der Waals surface area contributed by atoms with E-state index in [2.05, 4.69) is 10.6 Å². The van der Waals surface area contributed by atoms with Crippen molar-refractivity contribution in [2.24, 2.45) is 0 Å². The van der Waals surface area contributed by atoms with Crippen LogP contribution in [-0.2, 0) is 4.79 Å². The Morgan fingerprint density at radius 2 is 1.89 bits per heavy atom. The van der Waals surface area contributed by atoms with Crippen LogP contribution < -0.4 is 15.4 Å². The minimum atomic E-state index is -0.795. The van der Waals surface area contributed by atoms with E-state index >= 15 is 0 Å². The maximum absolute atomic E-state index is 12.1. The van der Waals surface area contributed by atoms with Gasteiger partial charge in [0.2, 0.25) is 5.91 Å². The SMILES string of the molecule is Cc1ccc(OCCNC(=O)C(C)NC(=O)c2cccc([N+](=O)[O-])c2)cc1. The molecule has 1 unspecified atom stereocenters. The summed E-state index contributed by atoms with van der Waals surface area (Å²) in [5, 5.41) is 15.9. The molecule has 8 heteroatoms. The van der Waals surface area contributed by atoms with Crippen molar-refractivity contribution >= 4 is 17.5 Å². The fraction of sp³-hybridized carbons (Fsp3) is 0.263. The fourth-order valence-corrected chi connectivity index (χ4v) is 2.24. The van der Waals surface area contributed by atoms with E-state index in [1.807, 2.05) is 31.2 Å². The number of nitro groups is 1. The van der Waals surface area contributed by atoms with Crippen LogP contribution in [0.25, 0.3) is 0 Å². The van der Waals surface area contributed by atoms with Crippen LogP contribution in [0.3, 0.4) is 0 Å². The number of carbonyl (C=O) groups excluding carboxylic acids is 2. The molecule has 0 saturated heterocycles. The topological polar surface area (TPSA) is 111 Å². The van der Waals surface area contributed by atoms with E-state index < -0.39 is 16.9 Å². The second kappa shape index (κ2) is 9.33. The number of hydrogen-bond donors (Lipinski definition) is 2. The van der Waals surface area contributed by atoms with Crippen LogP contribution in [0.1, 0.15) is 22.8 Å². The zero-order valence-corrected chi connectivity index (χ0v) is 15.1. The van der Waals surface area contributed by atoms with E-state index in [1.165, 1.54) is 25.1 Å². The summed E-state index contributed by atoms with van der Waals surface area (Å²) < 4.78 is 5.51. The van der Waals surface area contributed by atoms with Gasteiger partial charge in [0, 0.05) is 17.7 Å². The maximum Gasteiger partial charge on any atom is 0.270 e. The lowest BCUT2D eigenvalue weighted by atomic mass is 10.1. The number of nitrogens with one attached hydrogen (secondary N) is 2. The number of carbonyl (C=O) groups is 2. The predicted molar refractivity (Wildman–Crippen MR) is 99.7 cm³/mol. The van der Waals surface area contributed by atoms with Crippen molar-refractivity contribution in [3.8, 4) is 5.75 Å². The lowest BCUT2D eigenvalue weighted by molar-refractivity contribution is -0.384. The molecule has 2 amide bonds. The molecule has 0 bridgehead atoms. The van der Waals surface area contributed by atoms with Crippen molar-refractivity contribution in [2.45, 2.75) is 19.9 Å². The van der Waals surface area contributed by atoms with E-state index in [1.54, 1.807) is 0 Å². The van der Waals surface area contributed by atoms with Gasteiger partial charge < -0.3 is 15.4 Å². The van der Waals surface area contributed by atoms with Crippen LogP contribution in [0, 0.1) is 17.0 Å². The van der Waals surface area contributed by atoms with Gasteiger partial charge in [0.05, 0.1) is 11.5 Å². The Hall–Kier alpha value is -3.42. The van der Waals surface area contributed by atoms with Crippen LogP contribution in [-0.4, -0.2) is 35.9 Å². The van der Waals surface area contributed by atoms with Crippen molar-refractivity contribution in [3.63, 3.8) is 0 Å². The number of ether oxygens (including phenoxy) is 1. The second-order valence-electron chi connectivity index (χ2n) is 5.96. The van der Waals surface area contributed by atoms with Gasteiger partial charge >= 0.3 is 0 Å². The molecule has 2 aromatic rings. The van der Waals surface area contributed by atoms with Gasteiger partial charge in [-0.2, -0.15) is 0 Å². The molecule has 0 radical (unpaired) electrons. The Morgan fingerprint density at radius 1 is 1.19 bits per heavy atom. The first-order valence-corrected chi connectivity index (χ1v) is 8.39. The number of rotatable bonds is 8. The van der Waals surface area contributed by atoms with Gasteiger partial charge in [-0.1, -0.05) is 23.8 Å². The van der Waals surface area contributed by atoms with E-state index in [4.69, 9.17) is 4.74 Å². The first-order chi connectivity index (χ1) is 12.9. The monoisotopic (exact) mass is 371 g/mol. The van der Waals surface area contributed by atoms with Crippen LogP contribution in [0.4, 0.5) is 5.69 Å². The first kappa shape index (κ1) is 19.9. The molecule has 0 heterocycles. The average Bonchev–Trinajstić information content (AvgIpc) is 2.66. The minimum absolute atomic E-state index is 0.117. The third-order valence-corrected chi connectivity index (χ3v) is 3.75. The molecule has 2 aromatic carbocycles. The quantitative estimate of drug-likeness (QED) is 0.420. The van der Waals surface area contributed by atoms with Crippen LogP contribution in [0.15, 0.2) is 48.5 Å². The van der Waals surface area contributed by atoms with Gasteiger partial charge in [0.15, 0.2) is 0 Å². The molecular weight excluding hydrogens is 350 g/mol. The molecule has 0 aromatic heterocycles. The number of non-ortho nitro benzene ring substituents is 1. The summed E-state index contributed by atoms with van der Waals surface area (Å²) >= 11 is 0. The lowest BCUT2D eigenvalue weighted by Gasteiger charge is -2.14. The fourth-order valence-electron chi connectivity index (χ4n) is 2.24. The molecule has 0 fully saturated rings. The van der Waals surface area contributed by atoms with Gasteiger partial charge in [0.1, 0.15) is 18.4 Å². The molecule has 142 valence electrons. The number of nitro benzene ring substituents is 1. The Balaban J connectivity index is 1.77. The number of amides is 2. The zero-order chi connectivity index (χ0) is 19.8. The summed E-state index contributed by atoms with van der Waals surface area (Å²) in [7, 11) is 0. The Labute approximate surface area is 156 Å². The summed E-state index contributed by atoms with van der Waals surface area (Å²) in [5.41, 5.74) is 1.06. The van der Waals surface area contributed by atoms with Crippen LogP contribution in [0.2, 0.25) is 0 Å². The van der Waals surface area contributed by atoms with Gasteiger partial charge in [-0.05, 0) is 32.0 Å². The van der Waals surface area contributed by atoms with Gasteiger partial charge in [-0.15, -0.1) is 0 Å². The molecule has 0 spiro atoms. The Bertz CT molecular complexity index is 820. The molecule has 8 nitrogen and oxygen atoms in total. The lowest BCUT2D eigenvalue weighted by Crippen LogP contribution is -2.45. The molecular formula is C19H21N3O5. The predicted octanol–water partition coefficient (Wildman–Crippen LogP) is 2.22. The van der Waals surface area contributed by atoms with E-state index in [0.717, 1.165) is 11.6 Å². The summed E-state index contributed by atoms with van der Waals surface area (Å²) in [6.07, 6.45) is 0. The molecule has 0 aliphatic carbocycles. The minimum Gasteiger partial charge on any atom is -0.492 e. The molecule has 27 heavy (non-hydrogen) atoms. The normalized spacial score (nSPS) is 11.3. The first-order valence-electron chi connectivity index (χ1n) is 8.39. The molecule has 0 aliphatic heterocycles. The standard InChI is InChI=1S/C19H21N3O5/c1-13-6-8-17(9-7-13)27-11-10-20-18(23)14(2)21-19(24)15-4-3-5-16(12-15)22(25)26/h3-9,12,14H,10-11H2,1-2H3,(H,20,23)(H,21,24). The van der Waals surface area contributed by atoms with Crippen molar-refractivity contribution in [1.82, 2.24) is 10.6 Å². The van der Waals surface area contributed by atoms with E-state index in [-0.39, 0.29) is 23.7 Å². The Kier molecular flexibility index (Phi) is 6.87. The third kappa shape index (κ3) is 6.10. The smallest absolute Gasteiger partial charge is 0.270 e. The number of aryl methyl sites for hydroxylation is 1. The highest BCUT2D eigenvalue weighted by molar-refractivity contribution is 5.97. The zero-order valence-electron chi connectivity index (χ0n) is 15.1. The van der Waals surface area contributed by atoms with Crippen molar-refractivity contribution < 1.29 is 19.2 Å². The number of hydrogen-bond acceptors (Lipinski definition) is 5. The molecule has 0 aliphatic rings. The number of nitrogens with zero attached hydrogens (tertiary/aromatic N) is 1. The van der Waals surface area contributed by atoms with Gasteiger partial charge in [0.25, 0.3) is 11.6 Å². The molecule has 2 rings (SSSR count). The van der Waals surface area contributed by atoms with Gasteiger partial charge in [-0.25, -0.2) is 0 Å². The van der Waals surface area contributed by atoms with E-state index in [0.29, 0.717) is 12.4 Å².